The second-order valence-electron chi connectivity index (χ2n) is 4.55. The van der Waals surface area contributed by atoms with Crippen molar-refractivity contribution in [2.75, 3.05) is 6.54 Å². The lowest BCUT2D eigenvalue weighted by molar-refractivity contribution is 0.576. The lowest BCUT2D eigenvalue weighted by atomic mass is 10.3. The van der Waals surface area contributed by atoms with Gasteiger partial charge in [0.25, 0.3) is 0 Å². The van der Waals surface area contributed by atoms with E-state index in [9.17, 15) is 0 Å². The highest BCUT2D eigenvalue weighted by atomic mass is 15.3. The molecule has 0 aliphatic carbocycles. The summed E-state index contributed by atoms with van der Waals surface area (Å²) in [6, 6.07) is 2.19. The van der Waals surface area contributed by atoms with Crippen LogP contribution in [-0.4, -0.2) is 25.9 Å². The summed E-state index contributed by atoms with van der Waals surface area (Å²) in [5.74, 6) is 1.07. The van der Waals surface area contributed by atoms with E-state index in [-0.39, 0.29) is 0 Å². The Morgan fingerprint density at radius 3 is 2.79 bits per heavy atom. The van der Waals surface area contributed by atoms with E-state index in [1.807, 2.05) is 12.4 Å². The number of aromatic nitrogens is 4. The van der Waals surface area contributed by atoms with Crippen LogP contribution in [0.5, 0.6) is 0 Å². The van der Waals surface area contributed by atoms with Crippen molar-refractivity contribution >= 4 is 0 Å². The quantitative estimate of drug-likeness (QED) is 0.827. The Morgan fingerprint density at radius 2 is 2.11 bits per heavy atom. The zero-order valence-corrected chi connectivity index (χ0v) is 12.1. The zero-order valence-electron chi connectivity index (χ0n) is 12.1. The zero-order chi connectivity index (χ0) is 13.7. The van der Waals surface area contributed by atoms with Crippen molar-refractivity contribution in [1.82, 2.24) is 24.6 Å². The molecule has 0 bridgehead atoms. The van der Waals surface area contributed by atoms with Gasteiger partial charge in [-0.15, -0.1) is 0 Å². The number of nitrogens with zero attached hydrogens (tertiary/aromatic N) is 4. The Kier molecular flexibility index (Phi) is 4.74. The predicted octanol–water partition coefficient (Wildman–Crippen LogP) is 1.82. The molecule has 0 aliphatic rings. The fourth-order valence-electron chi connectivity index (χ4n) is 2.15. The van der Waals surface area contributed by atoms with Gasteiger partial charge >= 0.3 is 0 Å². The van der Waals surface area contributed by atoms with E-state index in [4.69, 9.17) is 0 Å². The van der Waals surface area contributed by atoms with E-state index in [1.54, 1.807) is 0 Å². The fourth-order valence-corrected chi connectivity index (χ4v) is 2.15. The number of rotatable bonds is 7. The lowest BCUT2D eigenvalue weighted by Gasteiger charge is -2.09. The Morgan fingerprint density at radius 1 is 1.26 bits per heavy atom. The Labute approximate surface area is 114 Å². The maximum absolute atomic E-state index is 4.59. The number of hydrogen-bond donors (Lipinski definition) is 1. The molecular weight excluding hydrogens is 238 g/mol. The van der Waals surface area contributed by atoms with E-state index < -0.39 is 0 Å². The number of imidazole rings is 1. The van der Waals surface area contributed by atoms with Gasteiger partial charge < -0.3 is 9.88 Å². The fraction of sp³-hybridized carbons (Fsp3) is 0.571. The van der Waals surface area contributed by atoms with Crippen LogP contribution < -0.4 is 5.32 Å². The summed E-state index contributed by atoms with van der Waals surface area (Å²) in [5.41, 5.74) is 2.40. The highest BCUT2D eigenvalue weighted by molar-refractivity contribution is 5.12. The molecule has 19 heavy (non-hydrogen) atoms. The maximum atomic E-state index is 4.59. The van der Waals surface area contributed by atoms with Crippen molar-refractivity contribution in [2.24, 2.45) is 0 Å². The summed E-state index contributed by atoms with van der Waals surface area (Å²) in [6.45, 7) is 9.88. The van der Waals surface area contributed by atoms with E-state index in [1.165, 1.54) is 5.69 Å². The predicted molar refractivity (Wildman–Crippen MR) is 76.0 cm³/mol. The molecule has 5 nitrogen and oxygen atoms in total. The van der Waals surface area contributed by atoms with Gasteiger partial charge in [-0.1, -0.05) is 13.8 Å². The van der Waals surface area contributed by atoms with Crippen LogP contribution in [0.25, 0.3) is 0 Å². The molecule has 1 N–H and O–H groups in total. The summed E-state index contributed by atoms with van der Waals surface area (Å²) in [7, 11) is 0. The third-order valence-corrected chi connectivity index (χ3v) is 3.24. The minimum absolute atomic E-state index is 0.810. The molecule has 0 saturated heterocycles. The Balaban J connectivity index is 2.16. The van der Waals surface area contributed by atoms with Crippen LogP contribution in [0.15, 0.2) is 18.5 Å². The normalized spacial score (nSPS) is 11.1. The smallest absolute Gasteiger partial charge is 0.123 e. The topological polar surface area (TPSA) is 47.7 Å². The van der Waals surface area contributed by atoms with E-state index in [0.717, 1.165) is 44.1 Å². The minimum Gasteiger partial charge on any atom is -0.328 e. The highest BCUT2D eigenvalue weighted by Crippen LogP contribution is 2.09. The van der Waals surface area contributed by atoms with E-state index in [2.05, 4.69) is 51.5 Å². The molecule has 0 spiro atoms. The monoisotopic (exact) mass is 261 g/mol. The molecule has 0 amide bonds. The van der Waals surface area contributed by atoms with Crippen molar-refractivity contribution < 1.29 is 0 Å². The van der Waals surface area contributed by atoms with Gasteiger partial charge in [-0.2, -0.15) is 5.10 Å². The highest BCUT2D eigenvalue weighted by Gasteiger charge is 2.08. The van der Waals surface area contributed by atoms with Gasteiger partial charge in [0, 0.05) is 18.9 Å². The van der Waals surface area contributed by atoms with Crippen LogP contribution >= 0.6 is 0 Å². The third kappa shape index (κ3) is 3.23. The van der Waals surface area contributed by atoms with Gasteiger partial charge in [0.15, 0.2) is 0 Å². The summed E-state index contributed by atoms with van der Waals surface area (Å²) in [6.07, 6.45) is 4.87. The van der Waals surface area contributed by atoms with Crippen molar-refractivity contribution in [3.63, 3.8) is 0 Å². The van der Waals surface area contributed by atoms with Crippen LogP contribution in [0.4, 0.5) is 0 Å². The number of nitrogens with one attached hydrogen (secondary N) is 1. The van der Waals surface area contributed by atoms with Crippen LogP contribution in [0, 0.1) is 0 Å². The average molecular weight is 261 g/mol. The summed E-state index contributed by atoms with van der Waals surface area (Å²) >= 11 is 0. The molecule has 2 heterocycles. The van der Waals surface area contributed by atoms with Gasteiger partial charge in [0.2, 0.25) is 0 Å². The Hall–Kier alpha value is -1.62. The first-order valence-electron chi connectivity index (χ1n) is 7.04. The SMILES string of the molecule is CCNCc1nccn1Cc1cc(CC)nn1CC. The van der Waals surface area contributed by atoms with Crippen LogP contribution in [0.1, 0.15) is 38.0 Å². The summed E-state index contributed by atoms with van der Waals surface area (Å²) in [5, 5.41) is 7.90. The van der Waals surface area contributed by atoms with Crippen molar-refractivity contribution in [1.29, 1.82) is 0 Å². The first-order chi connectivity index (χ1) is 9.28. The van der Waals surface area contributed by atoms with Gasteiger partial charge in [-0.25, -0.2) is 4.98 Å². The minimum atomic E-state index is 0.810. The third-order valence-electron chi connectivity index (χ3n) is 3.24. The molecule has 104 valence electrons. The number of aryl methyl sites for hydroxylation is 2. The average Bonchev–Trinajstić information content (AvgIpc) is 3.03. The summed E-state index contributed by atoms with van der Waals surface area (Å²) in [4.78, 5) is 4.40. The lowest BCUT2D eigenvalue weighted by Crippen LogP contribution is -2.17. The van der Waals surface area contributed by atoms with Gasteiger partial charge in [0.1, 0.15) is 5.82 Å². The van der Waals surface area contributed by atoms with Crippen LogP contribution in [0.2, 0.25) is 0 Å². The molecule has 2 aromatic rings. The largest absolute Gasteiger partial charge is 0.328 e. The molecule has 5 heteroatoms. The van der Waals surface area contributed by atoms with Crippen LogP contribution in [0.3, 0.4) is 0 Å². The van der Waals surface area contributed by atoms with E-state index >= 15 is 0 Å². The van der Waals surface area contributed by atoms with Gasteiger partial charge in [-0.05, 0) is 26.0 Å². The molecule has 0 aliphatic heterocycles. The maximum Gasteiger partial charge on any atom is 0.123 e. The standard InChI is InChI=1S/C14H23N5/c1-4-12-9-13(19(6-3)17-12)11-18-8-7-16-14(18)10-15-5-2/h7-9,15H,4-6,10-11H2,1-3H3. The number of hydrogen-bond acceptors (Lipinski definition) is 3. The van der Waals surface area contributed by atoms with Crippen molar-refractivity contribution in [2.45, 2.75) is 46.8 Å². The second-order valence-corrected chi connectivity index (χ2v) is 4.55. The first kappa shape index (κ1) is 13.8. The summed E-state index contributed by atoms with van der Waals surface area (Å²) < 4.78 is 4.27. The molecule has 2 aromatic heterocycles. The molecule has 0 saturated carbocycles. The molecule has 0 aromatic carbocycles. The van der Waals surface area contributed by atoms with Gasteiger partial charge in [0.05, 0.1) is 24.5 Å². The molecule has 0 atom stereocenters. The molecule has 0 radical (unpaired) electrons. The molecule has 0 fully saturated rings. The van der Waals surface area contributed by atoms with Crippen molar-refractivity contribution in [3.8, 4) is 0 Å². The van der Waals surface area contributed by atoms with E-state index in [0.29, 0.717) is 0 Å². The molecular formula is C14H23N5. The first-order valence-corrected chi connectivity index (χ1v) is 7.04. The molecule has 2 rings (SSSR count). The second kappa shape index (κ2) is 6.52. The van der Waals surface area contributed by atoms with Crippen LogP contribution in [-0.2, 0) is 26.1 Å². The Bertz CT molecular complexity index is 512. The molecule has 0 unspecified atom stereocenters. The van der Waals surface area contributed by atoms with Gasteiger partial charge in [-0.3, -0.25) is 4.68 Å². The van der Waals surface area contributed by atoms with Crippen molar-refractivity contribution in [3.05, 3.63) is 35.7 Å².